The van der Waals surface area contributed by atoms with Gasteiger partial charge in [-0.05, 0) is 71.1 Å². The van der Waals surface area contributed by atoms with Crippen LogP contribution in [0.4, 0.5) is 0 Å². The first-order valence-electron chi connectivity index (χ1n) is 11.8. The van der Waals surface area contributed by atoms with E-state index >= 15 is 0 Å². The fourth-order valence-corrected chi connectivity index (χ4v) is 3.23. The van der Waals surface area contributed by atoms with Gasteiger partial charge >= 0.3 is 0 Å². The fourth-order valence-electron chi connectivity index (χ4n) is 3.23. The molecule has 0 aliphatic heterocycles. The molecule has 0 radical (unpaired) electrons. The number of nitrogens with one attached hydrogen (secondary N) is 1. The molecule has 0 aromatic heterocycles. The Hall–Kier alpha value is -2.13. The minimum atomic E-state index is 0.702. The molecule has 0 aliphatic carbocycles. The molecular weight excluding hydrogens is 378 g/mol. The van der Waals surface area contributed by atoms with Crippen molar-refractivity contribution in [3.05, 3.63) is 71.9 Å². The van der Waals surface area contributed by atoms with Crippen molar-refractivity contribution in [2.75, 3.05) is 26.7 Å². The van der Waals surface area contributed by atoms with Crippen molar-refractivity contribution >= 4 is 5.71 Å². The summed E-state index contributed by atoms with van der Waals surface area (Å²) in [4.78, 5) is 0. The Kier molecular flexibility index (Phi) is 17.3. The summed E-state index contributed by atoms with van der Waals surface area (Å²) in [6.45, 7) is 21.6. The molecule has 0 amide bonds. The molecule has 0 unspecified atom stereocenters. The van der Waals surface area contributed by atoms with E-state index < -0.39 is 0 Å². The van der Waals surface area contributed by atoms with Crippen molar-refractivity contribution in [1.29, 1.82) is 0 Å². The Balaban J connectivity index is 5.37. The monoisotopic (exact) mass is 425 g/mol. The largest absolute Gasteiger partial charge is 0.314 e. The van der Waals surface area contributed by atoms with Gasteiger partial charge in [-0.1, -0.05) is 81.0 Å². The molecule has 0 saturated heterocycles. The van der Waals surface area contributed by atoms with E-state index in [1.807, 2.05) is 7.05 Å². The maximum atomic E-state index is 4.98. The molecule has 3 nitrogen and oxygen atoms in total. The predicted octanol–water partition coefficient (Wildman–Crippen LogP) is 7.38. The van der Waals surface area contributed by atoms with Crippen molar-refractivity contribution in [1.82, 2.24) is 10.3 Å². The quantitative estimate of drug-likeness (QED) is 0.114. The van der Waals surface area contributed by atoms with Crippen LogP contribution < -0.4 is 5.32 Å². The number of hydrogen-bond acceptors (Lipinski definition) is 3. The lowest BCUT2D eigenvalue weighted by Crippen LogP contribution is -2.28. The van der Waals surface area contributed by atoms with Crippen molar-refractivity contribution in [3.8, 4) is 0 Å². The van der Waals surface area contributed by atoms with Crippen LogP contribution >= 0.6 is 0 Å². The Morgan fingerprint density at radius 2 is 1.74 bits per heavy atom. The number of nitrogens with zero attached hydrogens (tertiary/aromatic N) is 2. The lowest BCUT2D eigenvalue weighted by Gasteiger charge is -2.24. The Labute approximate surface area is 193 Å². The second kappa shape index (κ2) is 18.6. The Bertz CT molecular complexity index is 674. The summed E-state index contributed by atoms with van der Waals surface area (Å²) in [5.41, 5.74) is 6.07. The molecule has 0 bridgehead atoms. The Morgan fingerprint density at radius 3 is 2.29 bits per heavy atom. The third kappa shape index (κ3) is 13.7. The zero-order valence-corrected chi connectivity index (χ0v) is 21.1. The van der Waals surface area contributed by atoms with Gasteiger partial charge < -0.3 is 5.32 Å². The average Bonchev–Trinajstić information content (AvgIpc) is 2.76. The summed E-state index contributed by atoms with van der Waals surface area (Å²) < 4.78 is 0. The molecular formula is C28H47N3. The van der Waals surface area contributed by atoms with E-state index in [9.17, 15) is 0 Å². The van der Waals surface area contributed by atoms with Crippen LogP contribution in [-0.4, -0.2) is 37.4 Å². The van der Waals surface area contributed by atoms with E-state index in [0.29, 0.717) is 6.54 Å². The molecule has 1 N–H and O–H groups in total. The summed E-state index contributed by atoms with van der Waals surface area (Å²) in [6, 6.07) is 0. The molecule has 174 valence electrons. The highest BCUT2D eigenvalue weighted by atomic mass is 15.5. The summed E-state index contributed by atoms with van der Waals surface area (Å²) in [6.07, 6.45) is 19.3. The van der Waals surface area contributed by atoms with E-state index in [0.717, 1.165) is 68.5 Å². The van der Waals surface area contributed by atoms with Crippen LogP contribution in [0.3, 0.4) is 0 Å². The molecule has 0 fully saturated rings. The molecule has 0 saturated carbocycles. The van der Waals surface area contributed by atoms with E-state index in [2.05, 4.69) is 94.6 Å². The van der Waals surface area contributed by atoms with E-state index in [4.69, 9.17) is 5.10 Å². The first-order valence-corrected chi connectivity index (χ1v) is 11.8. The zero-order chi connectivity index (χ0) is 23.5. The number of hydrogen-bond donors (Lipinski definition) is 1. The topological polar surface area (TPSA) is 27.6 Å². The van der Waals surface area contributed by atoms with Gasteiger partial charge in [-0.2, -0.15) is 5.10 Å². The highest BCUT2D eigenvalue weighted by Crippen LogP contribution is 2.18. The molecule has 0 aromatic carbocycles. The lowest BCUT2D eigenvalue weighted by molar-refractivity contribution is 0.336. The van der Waals surface area contributed by atoms with E-state index in [1.54, 1.807) is 0 Å². The number of allylic oxidation sites excluding steroid dienone is 7. The molecule has 0 aromatic rings. The first kappa shape index (κ1) is 28.9. The summed E-state index contributed by atoms with van der Waals surface area (Å²) in [5, 5.41) is 10.4. The van der Waals surface area contributed by atoms with Crippen molar-refractivity contribution in [2.45, 2.75) is 73.1 Å². The van der Waals surface area contributed by atoms with Gasteiger partial charge in [0.15, 0.2) is 0 Å². The Morgan fingerprint density at radius 1 is 1.00 bits per heavy atom. The molecule has 0 rings (SSSR count). The number of rotatable bonds is 17. The van der Waals surface area contributed by atoms with Crippen LogP contribution in [0, 0.1) is 0 Å². The minimum Gasteiger partial charge on any atom is -0.314 e. The van der Waals surface area contributed by atoms with Gasteiger partial charge in [-0.25, -0.2) is 0 Å². The average molecular weight is 426 g/mol. The van der Waals surface area contributed by atoms with Crippen LogP contribution in [0.25, 0.3) is 0 Å². The summed E-state index contributed by atoms with van der Waals surface area (Å²) >= 11 is 0. The van der Waals surface area contributed by atoms with Gasteiger partial charge in [0.25, 0.3) is 0 Å². The smallest absolute Gasteiger partial charge is 0.0611 e. The van der Waals surface area contributed by atoms with Crippen molar-refractivity contribution in [2.24, 2.45) is 5.10 Å². The van der Waals surface area contributed by atoms with Crippen LogP contribution in [0.1, 0.15) is 73.1 Å². The van der Waals surface area contributed by atoms with Gasteiger partial charge in [0.1, 0.15) is 0 Å². The lowest BCUT2D eigenvalue weighted by atomic mass is 10.0. The minimum absolute atomic E-state index is 0.702. The van der Waals surface area contributed by atoms with Crippen LogP contribution in [0.2, 0.25) is 0 Å². The second-order valence-electron chi connectivity index (χ2n) is 7.87. The normalized spacial score (nSPS) is 13.4. The third-order valence-corrected chi connectivity index (χ3v) is 5.14. The standard InChI is InChI=1S/C28H47N3/c1-9-14-15-18-26(12-4)23-31(30-28(13-5)21-29-8)22-25(7)24(6)19-20-27(16-10-2)17-11-3/h9-10,12,14,16,20,29H,6-7,11,13,15,17-19,21-23H2,1-5,8H3/b14-9-,16-10-,26-12+,27-20?,30-28+. The van der Waals surface area contributed by atoms with Gasteiger partial charge in [0, 0.05) is 6.54 Å². The fraction of sp³-hybridized carbons (Fsp3) is 0.536. The summed E-state index contributed by atoms with van der Waals surface area (Å²) in [5.74, 6) is 0. The van der Waals surface area contributed by atoms with Crippen LogP contribution in [0.5, 0.6) is 0 Å². The van der Waals surface area contributed by atoms with Gasteiger partial charge in [0.2, 0.25) is 0 Å². The molecule has 0 aliphatic rings. The highest BCUT2D eigenvalue weighted by Gasteiger charge is 2.10. The third-order valence-electron chi connectivity index (χ3n) is 5.14. The molecule has 3 heteroatoms. The van der Waals surface area contributed by atoms with E-state index in [1.165, 1.54) is 11.1 Å². The van der Waals surface area contributed by atoms with Gasteiger partial charge in [-0.3, -0.25) is 5.01 Å². The van der Waals surface area contributed by atoms with Crippen molar-refractivity contribution < 1.29 is 0 Å². The highest BCUT2D eigenvalue weighted by molar-refractivity contribution is 5.85. The maximum absolute atomic E-state index is 4.98. The van der Waals surface area contributed by atoms with Gasteiger partial charge in [0.05, 0.1) is 18.8 Å². The maximum Gasteiger partial charge on any atom is 0.0611 e. The zero-order valence-electron chi connectivity index (χ0n) is 21.1. The molecule has 0 spiro atoms. The molecule has 0 atom stereocenters. The van der Waals surface area contributed by atoms with E-state index in [-0.39, 0.29) is 0 Å². The van der Waals surface area contributed by atoms with Crippen LogP contribution in [-0.2, 0) is 0 Å². The second-order valence-corrected chi connectivity index (χ2v) is 7.87. The predicted molar refractivity (Wildman–Crippen MR) is 142 cm³/mol. The first-order chi connectivity index (χ1) is 14.9. The van der Waals surface area contributed by atoms with Crippen LogP contribution in [0.15, 0.2) is 77.0 Å². The summed E-state index contributed by atoms with van der Waals surface area (Å²) in [7, 11) is 1.97. The molecule has 31 heavy (non-hydrogen) atoms. The molecule has 0 heterocycles. The van der Waals surface area contributed by atoms with Crippen molar-refractivity contribution in [3.63, 3.8) is 0 Å². The number of hydrazone groups is 1. The van der Waals surface area contributed by atoms with Gasteiger partial charge in [-0.15, -0.1) is 0 Å². The SMILES string of the molecule is C=C(CC=C(/C=C\C)CCC)C(=C)CN(C/C(=C/C)CC/C=C\C)/N=C(\CC)CNC.